The van der Waals surface area contributed by atoms with Gasteiger partial charge in [-0.15, -0.1) is 0 Å². The van der Waals surface area contributed by atoms with E-state index < -0.39 is 0 Å². The largest absolute Gasteiger partial charge is 0.494 e. The smallest absolute Gasteiger partial charge is 0.323 e. The minimum atomic E-state index is -0.275. The molecule has 0 aromatic heterocycles. The summed E-state index contributed by atoms with van der Waals surface area (Å²) in [4.78, 5) is 11.9. The number of urea groups is 1. The zero-order valence-electron chi connectivity index (χ0n) is 11.6. The number of carbonyl (C=O) groups is 1. The fraction of sp³-hybridized carbons (Fsp3) is 0.188. The van der Waals surface area contributed by atoms with Crippen LogP contribution >= 0.6 is 0 Å². The Hall–Kier alpha value is -2.49. The van der Waals surface area contributed by atoms with Crippen LogP contribution in [-0.2, 0) is 0 Å². The first-order valence-electron chi connectivity index (χ1n) is 6.55. The molecule has 0 fully saturated rings. The summed E-state index contributed by atoms with van der Waals surface area (Å²) in [6.45, 7) is 4.52. The average molecular weight is 270 g/mol. The average Bonchev–Trinajstić information content (AvgIpc) is 2.42. The molecule has 2 rings (SSSR count). The van der Waals surface area contributed by atoms with Gasteiger partial charge in [-0.2, -0.15) is 0 Å². The van der Waals surface area contributed by atoms with Crippen LogP contribution in [0.15, 0.2) is 48.5 Å². The number of benzene rings is 2. The topological polar surface area (TPSA) is 50.4 Å². The van der Waals surface area contributed by atoms with E-state index in [-0.39, 0.29) is 6.03 Å². The molecule has 20 heavy (non-hydrogen) atoms. The minimum Gasteiger partial charge on any atom is -0.494 e. The Kier molecular flexibility index (Phi) is 4.60. The van der Waals surface area contributed by atoms with Gasteiger partial charge in [0, 0.05) is 17.4 Å². The Morgan fingerprint density at radius 3 is 2.45 bits per heavy atom. The summed E-state index contributed by atoms with van der Waals surface area (Å²) in [5, 5.41) is 5.55. The highest BCUT2D eigenvalue weighted by Gasteiger charge is 2.03. The van der Waals surface area contributed by atoms with E-state index in [1.807, 2.05) is 56.3 Å². The summed E-state index contributed by atoms with van der Waals surface area (Å²) in [7, 11) is 0. The van der Waals surface area contributed by atoms with Gasteiger partial charge in [0.1, 0.15) is 5.75 Å². The predicted molar refractivity (Wildman–Crippen MR) is 81.4 cm³/mol. The predicted octanol–water partition coefficient (Wildman–Crippen LogP) is 4.04. The second-order valence-corrected chi connectivity index (χ2v) is 4.41. The lowest BCUT2D eigenvalue weighted by Crippen LogP contribution is -2.19. The number of ether oxygens (including phenoxy) is 1. The van der Waals surface area contributed by atoms with Gasteiger partial charge < -0.3 is 15.4 Å². The monoisotopic (exact) mass is 270 g/mol. The van der Waals surface area contributed by atoms with E-state index in [1.54, 1.807) is 6.07 Å². The lowest BCUT2D eigenvalue weighted by Gasteiger charge is -2.09. The van der Waals surface area contributed by atoms with Gasteiger partial charge in [0.2, 0.25) is 0 Å². The van der Waals surface area contributed by atoms with E-state index in [2.05, 4.69) is 10.6 Å². The third-order valence-electron chi connectivity index (χ3n) is 2.71. The summed E-state index contributed by atoms with van der Waals surface area (Å²) in [6.07, 6.45) is 0. The number of carbonyl (C=O) groups excluding carboxylic acids is 1. The fourth-order valence-electron chi connectivity index (χ4n) is 1.76. The van der Waals surface area contributed by atoms with Crippen LogP contribution < -0.4 is 15.4 Å². The fourth-order valence-corrected chi connectivity index (χ4v) is 1.76. The Labute approximate surface area is 118 Å². The number of anilines is 2. The highest BCUT2D eigenvalue weighted by molar-refractivity contribution is 5.99. The quantitative estimate of drug-likeness (QED) is 0.881. The molecule has 0 atom stereocenters. The van der Waals surface area contributed by atoms with Crippen LogP contribution in [0.1, 0.15) is 12.5 Å². The van der Waals surface area contributed by atoms with Gasteiger partial charge in [-0.05, 0) is 38.1 Å². The molecule has 4 heteroatoms. The summed E-state index contributed by atoms with van der Waals surface area (Å²) < 4.78 is 5.39. The molecule has 0 bridgehead atoms. The molecule has 0 heterocycles. The van der Waals surface area contributed by atoms with E-state index in [4.69, 9.17) is 4.74 Å². The zero-order valence-corrected chi connectivity index (χ0v) is 11.6. The van der Waals surface area contributed by atoms with E-state index in [0.29, 0.717) is 12.3 Å². The van der Waals surface area contributed by atoms with Gasteiger partial charge in [-0.3, -0.25) is 0 Å². The van der Waals surface area contributed by atoms with Crippen LogP contribution in [0.2, 0.25) is 0 Å². The number of aryl methyl sites for hydroxylation is 1. The molecule has 2 amide bonds. The first-order chi connectivity index (χ1) is 9.67. The van der Waals surface area contributed by atoms with Crippen molar-refractivity contribution < 1.29 is 9.53 Å². The highest BCUT2D eigenvalue weighted by atomic mass is 16.5. The lowest BCUT2D eigenvalue weighted by atomic mass is 10.2. The lowest BCUT2D eigenvalue weighted by molar-refractivity contribution is 0.262. The van der Waals surface area contributed by atoms with E-state index in [9.17, 15) is 4.79 Å². The molecule has 0 aliphatic carbocycles. The Morgan fingerprint density at radius 1 is 1.05 bits per heavy atom. The van der Waals surface area contributed by atoms with E-state index in [0.717, 1.165) is 17.0 Å². The van der Waals surface area contributed by atoms with Crippen molar-refractivity contribution in [3.05, 3.63) is 54.1 Å². The molecule has 0 unspecified atom stereocenters. The van der Waals surface area contributed by atoms with Crippen LogP contribution in [0.25, 0.3) is 0 Å². The van der Waals surface area contributed by atoms with Gasteiger partial charge in [-0.1, -0.05) is 23.8 Å². The molecular weight excluding hydrogens is 252 g/mol. The Balaban J connectivity index is 1.97. The molecule has 0 saturated carbocycles. The van der Waals surface area contributed by atoms with Crippen molar-refractivity contribution in [3.8, 4) is 5.75 Å². The van der Waals surface area contributed by atoms with Crippen molar-refractivity contribution in [2.24, 2.45) is 0 Å². The summed E-state index contributed by atoms with van der Waals surface area (Å²) in [6, 6.07) is 14.7. The van der Waals surface area contributed by atoms with Crippen molar-refractivity contribution in [1.29, 1.82) is 0 Å². The van der Waals surface area contributed by atoms with Crippen LogP contribution in [0, 0.1) is 6.92 Å². The first-order valence-corrected chi connectivity index (χ1v) is 6.55. The van der Waals surface area contributed by atoms with Crippen LogP contribution in [0.3, 0.4) is 0 Å². The molecular formula is C16H18N2O2. The van der Waals surface area contributed by atoms with Crippen LogP contribution in [0.5, 0.6) is 5.75 Å². The highest BCUT2D eigenvalue weighted by Crippen LogP contribution is 2.17. The summed E-state index contributed by atoms with van der Waals surface area (Å²) in [5.74, 6) is 0.737. The summed E-state index contributed by atoms with van der Waals surface area (Å²) >= 11 is 0. The number of amides is 2. The Bertz CT molecular complexity index is 579. The van der Waals surface area contributed by atoms with Gasteiger partial charge in [0.15, 0.2) is 0 Å². The number of nitrogens with one attached hydrogen (secondary N) is 2. The van der Waals surface area contributed by atoms with Gasteiger partial charge >= 0.3 is 6.03 Å². The van der Waals surface area contributed by atoms with Gasteiger partial charge in [0.05, 0.1) is 6.61 Å². The van der Waals surface area contributed by atoms with Crippen molar-refractivity contribution in [2.45, 2.75) is 13.8 Å². The number of rotatable bonds is 4. The van der Waals surface area contributed by atoms with E-state index in [1.165, 1.54) is 0 Å². The molecule has 2 aromatic carbocycles. The molecule has 2 aromatic rings. The Morgan fingerprint density at radius 2 is 1.75 bits per heavy atom. The summed E-state index contributed by atoms with van der Waals surface area (Å²) in [5.41, 5.74) is 2.61. The van der Waals surface area contributed by atoms with E-state index >= 15 is 0 Å². The maximum absolute atomic E-state index is 11.9. The third kappa shape index (κ3) is 4.02. The normalized spacial score (nSPS) is 9.90. The molecule has 0 aliphatic heterocycles. The molecule has 4 nitrogen and oxygen atoms in total. The molecule has 0 spiro atoms. The van der Waals surface area contributed by atoms with Crippen molar-refractivity contribution in [1.82, 2.24) is 0 Å². The van der Waals surface area contributed by atoms with Crippen molar-refractivity contribution >= 4 is 17.4 Å². The number of hydrogen-bond acceptors (Lipinski definition) is 2. The zero-order chi connectivity index (χ0) is 14.4. The third-order valence-corrected chi connectivity index (χ3v) is 2.71. The molecule has 104 valence electrons. The molecule has 0 aliphatic rings. The molecule has 0 radical (unpaired) electrons. The number of hydrogen-bond donors (Lipinski definition) is 2. The second kappa shape index (κ2) is 6.61. The van der Waals surface area contributed by atoms with Crippen LogP contribution in [0.4, 0.5) is 16.2 Å². The SMILES string of the molecule is CCOc1cccc(NC(=O)Nc2ccc(C)cc2)c1. The first kappa shape index (κ1) is 13.9. The maximum atomic E-state index is 11.9. The standard InChI is InChI=1S/C16H18N2O2/c1-3-20-15-6-4-5-14(11-15)18-16(19)17-13-9-7-12(2)8-10-13/h4-11H,3H2,1-2H3,(H2,17,18,19). The molecule has 0 saturated heterocycles. The van der Waals surface area contributed by atoms with Crippen LogP contribution in [-0.4, -0.2) is 12.6 Å². The van der Waals surface area contributed by atoms with Crippen molar-refractivity contribution in [3.63, 3.8) is 0 Å². The molecule has 2 N–H and O–H groups in total. The van der Waals surface area contributed by atoms with Gasteiger partial charge in [-0.25, -0.2) is 4.79 Å². The van der Waals surface area contributed by atoms with Gasteiger partial charge in [0.25, 0.3) is 0 Å². The van der Waals surface area contributed by atoms with Crippen molar-refractivity contribution in [2.75, 3.05) is 17.2 Å². The maximum Gasteiger partial charge on any atom is 0.323 e. The minimum absolute atomic E-state index is 0.275. The second-order valence-electron chi connectivity index (χ2n) is 4.41.